The maximum Gasteiger partial charge on any atom is 0.331 e. The molecular formula is C8H9NO4. The van der Waals surface area contributed by atoms with Crippen LogP contribution < -0.4 is 0 Å². The summed E-state index contributed by atoms with van der Waals surface area (Å²) in [4.78, 5) is 20.8. The van der Waals surface area contributed by atoms with Gasteiger partial charge < -0.3 is 9.84 Å². The van der Waals surface area contributed by atoms with Crippen LogP contribution in [0.15, 0.2) is 12.2 Å². The minimum atomic E-state index is -1.11. The average Bonchev–Trinajstić information content (AvgIpc) is 2.04. The molecule has 5 heteroatoms. The zero-order chi connectivity index (χ0) is 10.3. The van der Waals surface area contributed by atoms with E-state index in [0.717, 1.165) is 0 Å². The maximum absolute atomic E-state index is 10.6. The van der Waals surface area contributed by atoms with Crippen molar-refractivity contribution in [2.45, 2.75) is 12.8 Å². The van der Waals surface area contributed by atoms with Crippen LogP contribution >= 0.6 is 0 Å². The molecule has 0 spiro atoms. The molecule has 0 aromatic heterocycles. The lowest BCUT2D eigenvalue weighted by Crippen LogP contribution is -2.08. The van der Waals surface area contributed by atoms with Crippen LogP contribution in [0.4, 0.5) is 0 Å². The van der Waals surface area contributed by atoms with E-state index in [4.69, 9.17) is 10.4 Å². The Bertz CT molecular complexity index is 264. The first kappa shape index (κ1) is 11.2. The Hall–Kier alpha value is -1.83. The molecular weight excluding hydrogens is 174 g/mol. The van der Waals surface area contributed by atoms with E-state index in [9.17, 15) is 9.59 Å². The van der Waals surface area contributed by atoms with E-state index in [0.29, 0.717) is 0 Å². The molecule has 0 bridgehead atoms. The molecule has 0 fully saturated rings. The predicted molar refractivity (Wildman–Crippen MR) is 42.6 cm³/mol. The van der Waals surface area contributed by atoms with Crippen LogP contribution in [0.5, 0.6) is 0 Å². The van der Waals surface area contributed by atoms with E-state index in [-0.39, 0.29) is 25.0 Å². The SMILES string of the molecule is C=C(CCOC(=O)CC#N)C(=O)O. The number of rotatable bonds is 5. The van der Waals surface area contributed by atoms with Crippen LogP contribution in [0, 0.1) is 11.3 Å². The number of aliphatic carboxylic acids is 1. The van der Waals surface area contributed by atoms with Crippen LogP contribution in [-0.4, -0.2) is 23.7 Å². The number of nitrogens with zero attached hydrogens (tertiary/aromatic N) is 1. The molecule has 0 aliphatic heterocycles. The standard InChI is InChI=1S/C8H9NO4/c1-6(8(11)12)3-5-13-7(10)2-4-9/h1-3,5H2,(H,11,12). The molecule has 1 N–H and O–H groups in total. The van der Waals surface area contributed by atoms with Crippen LogP contribution in [-0.2, 0) is 14.3 Å². The first-order chi connectivity index (χ1) is 6.07. The van der Waals surface area contributed by atoms with E-state index in [2.05, 4.69) is 11.3 Å². The van der Waals surface area contributed by atoms with Crippen molar-refractivity contribution in [2.75, 3.05) is 6.61 Å². The second-order valence-corrected chi connectivity index (χ2v) is 2.21. The van der Waals surface area contributed by atoms with Crippen LogP contribution in [0.25, 0.3) is 0 Å². The second-order valence-electron chi connectivity index (χ2n) is 2.21. The molecule has 0 aliphatic carbocycles. The summed E-state index contributed by atoms with van der Waals surface area (Å²) in [6.45, 7) is 3.19. The highest BCUT2D eigenvalue weighted by Crippen LogP contribution is 1.98. The first-order valence-corrected chi connectivity index (χ1v) is 3.51. The van der Waals surface area contributed by atoms with Crippen molar-refractivity contribution in [2.24, 2.45) is 0 Å². The number of hydrogen-bond donors (Lipinski definition) is 1. The third-order valence-electron chi connectivity index (χ3n) is 1.19. The fourth-order valence-electron chi connectivity index (χ4n) is 0.511. The van der Waals surface area contributed by atoms with Crippen LogP contribution in [0.1, 0.15) is 12.8 Å². The quantitative estimate of drug-likeness (QED) is 0.494. The molecule has 0 rings (SSSR count). The molecule has 0 amide bonds. The number of carbonyl (C=O) groups is 2. The molecule has 0 aromatic rings. The van der Waals surface area contributed by atoms with Gasteiger partial charge in [-0.3, -0.25) is 4.79 Å². The van der Waals surface area contributed by atoms with E-state index in [1.807, 2.05) is 0 Å². The van der Waals surface area contributed by atoms with Gasteiger partial charge in [0.05, 0.1) is 12.7 Å². The lowest BCUT2D eigenvalue weighted by molar-refractivity contribution is -0.143. The third kappa shape index (κ3) is 5.44. The normalized spacial score (nSPS) is 8.54. The molecule has 0 saturated heterocycles. The minimum Gasteiger partial charge on any atom is -0.478 e. The van der Waals surface area contributed by atoms with Gasteiger partial charge in [-0.1, -0.05) is 6.58 Å². The predicted octanol–water partition coefficient (Wildman–Crippen LogP) is 0.474. The fraction of sp³-hybridized carbons (Fsp3) is 0.375. The lowest BCUT2D eigenvalue weighted by atomic mass is 10.2. The first-order valence-electron chi connectivity index (χ1n) is 3.51. The zero-order valence-corrected chi connectivity index (χ0v) is 6.95. The Morgan fingerprint density at radius 3 is 2.62 bits per heavy atom. The monoisotopic (exact) mass is 183 g/mol. The van der Waals surface area contributed by atoms with E-state index in [1.54, 1.807) is 6.07 Å². The molecule has 0 atom stereocenters. The van der Waals surface area contributed by atoms with Gasteiger partial charge in [-0.25, -0.2) is 4.79 Å². The van der Waals surface area contributed by atoms with Crippen molar-refractivity contribution < 1.29 is 19.4 Å². The molecule has 70 valence electrons. The largest absolute Gasteiger partial charge is 0.478 e. The van der Waals surface area contributed by atoms with Gasteiger partial charge in [0.15, 0.2) is 0 Å². The second kappa shape index (κ2) is 5.77. The lowest BCUT2D eigenvalue weighted by Gasteiger charge is -2.01. The summed E-state index contributed by atoms with van der Waals surface area (Å²) in [6, 6.07) is 1.62. The van der Waals surface area contributed by atoms with E-state index >= 15 is 0 Å². The van der Waals surface area contributed by atoms with E-state index < -0.39 is 11.9 Å². The van der Waals surface area contributed by atoms with Crippen molar-refractivity contribution in [3.05, 3.63) is 12.2 Å². The number of nitriles is 1. The minimum absolute atomic E-state index is 0.0234. The summed E-state index contributed by atoms with van der Waals surface area (Å²) in [5.74, 6) is -1.77. The Morgan fingerprint density at radius 2 is 2.15 bits per heavy atom. The van der Waals surface area contributed by atoms with Crippen molar-refractivity contribution in [1.29, 1.82) is 5.26 Å². The number of carbonyl (C=O) groups excluding carboxylic acids is 1. The average molecular weight is 183 g/mol. The van der Waals surface area contributed by atoms with Crippen molar-refractivity contribution >= 4 is 11.9 Å². The van der Waals surface area contributed by atoms with Gasteiger partial charge in [-0.2, -0.15) is 5.26 Å². The Balaban J connectivity index is 3.58. The number of hydrogen-bond acceptors (Lipinski definition) is 4. The van der Waals surface area contributed by atoms with Gasteiger partial charge in [0, 0.05) is 12.0 Å². The molecule has 0 aromatic carbocycles. The summed E-state index contributed by atoms with van der Waals surface area (Å²) >= 11 is 0. The maximum atomic E-state index is 10.6. The molecule has 0 aliphatic rings. The van der Waals surface area contributed by atoms with Gasteiger partial charge in [-0.15, -0.1) is 0 Å². The van der Waals surface area contributed by atoms with Gasteiger partial charge in [0.25, 0.3) is 0 Å². The summed E-state index contributed by atoms with van der Waals surface area (Å²) in [5.41, 5.74) is -0.0234. The number of carboxylic acids is 1. The Labute approximate surface area is 75.2 Å². The molecule has 0 radical (unpaired) electrons. The third-order valence-corrected chi connectivity index (χ3v) is 1.19. The molecule has 0 saturated carbocycles. The van der Waals surface area contributed by atoms with Gasteiger partial charge in [-0.05, 0) is 0 Å². The van der Waals surface area contributed by atoms with Crippen LogP contribution in [0.2, 0.25) is 0 Å². The van der Waals surface area contributed by atoms with E-state index in [1.165, 1.54) is 0 Å². The van der Waals surface area contributed by atoms with Gasteiger partial charge in [0.1, 0.15) is 6.42 Å². The Morgan fingerprint density at radius 1 is 1.54 bits per heavy atom. The highest BCUT2D eigenvalue weighted by molar-refractivity contribution is 5.85. The zero-order valence-electron chi connectivity index (χ0n) is 6.95. The van der Waals surface area contributed by atoms with Crippen LogP contribution in [0.3, 0.4) is 0 Å². The van der Waals surface area contributed by atoms with Crippen molar-refractivity contribution in [3.63, 3.8) is 0 Å². The summed E-state index contributed by atoms with van der Waals surface area (Å²) in [7, 11) is 0. The van der Waals surface area contributed by atoms with Gasteiger partial charge >= 0.3 is 11.9 Å². The topological polar surface area (TPSA) is 87.4 Å². The van der Waals surface area contributed by atoms with Crippen molar-refractivity contribution in [3.8, 4) is 6.07 Å². The Kier molecular flexibility index (Phi) is 4.96. The highest BCUT2D eigenvalue weighted by Gasteiger charge is 2.05. The summed E-state index contributed by atoms with van der Waals surface area (Å²) in [6.07, 6.45) is -0.244. The molecule has 0 heterocycles. The fourth-order valence-corrected chi connectivity index (χ4v) is 0.511. The number of carboxylic acid groups (broad SMARTS) is 1. The van der Waals surface area contributed by atoms with Crippen molar-refractivity contribution in [1.82, 2.24) is 0 Å². The highest BCUT2D eigenvalue weighted by atomic mass is 16.5. The smallest absolute Gasteiger partial charge is 0.331 e. The summed E-state index contributed by atoms with van der Waals surface area (Å²) < 4.78 is 4.52. The molecule has 0 unspecified atom stereocenters. The summed E-state index contributed by atoms with van der Waals surface area (Å²) in [5, 5.41) is 16.4. The number of esters is 1. The van der Waals surface area contributed by atoms with Gasteiger partial charge in [0.2, 0.25) is 0 Å². The molecule has 13 heavy (non-hydrogen) atoms. The molecule has 5 nitrogen and oxygen atoms in total. The number of ether oxygens (including phenoxy) is 1.